The summed E-state index contributed by atoms with van der Waals surface area (Å²) >= 11 is 0. The molecule has 0 radical (unpaired) electrons. The second kappa shape index (κ2) is 5.16. The van der Waals surface area contributed by atoms with E-state index in [9.17, 15) is 26.7 Å². The van der Waals surface area contributed by atoms with Crippen LogP contribution >= 0.6 is 0 Å². The highest BCUT2D eigenvalue weighted by Gasteiger charge is 2.27. The smallest absolute Gasteiger partial charge is 0.207 e. The molecule has 0 heterocycles. The van der Waals surface area contributed by atoms with Crippen molar-refractivity contribution in [3.8, 4) is 5.75 Å². The van der Waals surface area contributed by atoms with E-state index in [1.807, 2.05) is 0 Å². The monoisotopic (exact) mass is 266 g/mol. The highest BCUT2D eigenvalue weighted by Crippen LogP contribution is 2.30. The van der Waals surface area contributed by atoms with Crippen molar-refractivity contribution in [2.24, 2.45) is 0 Å². The first kappa shape index (κ1) is 14.1. The molecule has 0 aromatic heterocycles. The fourth-order valence-electron chi connectivity index (χ4n) is 1.15. The molecule has 0 spiro atoms. The Bertz CT molecular complexity index is 508. The number of halogens is 5. The van der Waals surface area contributed by atoms with Crippen LogP contribution in [0.25, 0.3) is 0 Å². The molecule has 2 nitrogen and oxygen atoms in total. The average Bonchev–Trinajstić information content (AvgIpc) is 2.29. The van der Waals surface area contributed by atoms with Crippen LogP contribution in [0.4, 0.5) is 22.0 Å². The summed E-state index contributed by atoms with van der Waals surface area (Å²) in [6, 6.07) is 0. The van der Waals surface area contributed by atoms with E-state index in [0.717, 1.165) is 19.9 Å². The molecule has 0 N–H and O–H groups in total. The zero-order valence-electron chi connectivity index (χ0n) is 9.28. The molecule has 1 aromatic rings. The number of rotatable bonds is 3. The number of ketones is 1. The second-order valence-electron chi connectivity index (χ2n) is 3.37. The lowest BCUT2D eigenvalue weighted by molar-refractivity contribution is -0.112. The Kier molecular flexibility index (Phi) is 4.05. The van der Waals surface area contributed by atoms with E-state index >= 15 is 0 Å². The lowest BCUT2D eigenvalue weighted by Gasteiger charge is -2.09. The number of hydrogen-bond donors (Lipinski definition) is 0. The lowest BCUT2D eigenvalue weighted by Crippen LogP contribution is -2.06. The summed E-state index contributed by atoms with van der Waals surface area (Å²) in [5.74, 6) is -12.9. The van der Waals surface area contributed by atoms with Crippen LogP contribution in [-0.4, -0.2) is 5.78 Å². The first-order chi connectivity index (χ1) is 8.25. The molecule has 1 aromatic carbocycles. The lowest BCUT2D eigenvalue weighted by atomic mass is 10.2. The van der Waals surface area contributed by atoms with Crippen molar-refractivity contribution in [1.82, 2.24) is 0 Å². The predicted molar refractivity (Wildman–Crippen MR) is 51.3 cm³/mol. The van der Waals surface area contributed by atoms with Gasteiger partial charge in [-0.3, -0.25) is 4.79 Å². The summed E-state index contributed by atoms with van der Waals surface area (Å²) in [5, 5.41) is 0. The maximum absolute atomic E-state index is 13.1. The van der Waals surface area contributed by atoms with Crippen molar-refractivity contribution in [3.05, 3.63) is 40.9 Å². The third kappa shape index (κ3) is 2.66. The van der Waals surface area contributed by atoms with E-state index < -0.39 is 40.6 Å². The summed E-state index contributed by atoms with van der Waals surface area (Å²) in [4.78, 5) is 10.7. The van der Waals surface area contributed by atoms with E-state index in [1.165, 1.54) is 0 Å². The number of carbonyl (C=O) groups excluding carboxylic acids is 1. The molecule has 0 saturated heterocycles. The summed E-state index contributed by atoms with van der Waals surface area (Å²) in [5.41, 5.74) is 0. The van der Waals surface area contributed by atoms with Crippen LogP contribution in [0.3, 0.4) is 0 Å². The first-order valence-electron chi connectivity index (χ1n) is 4.63. The Morgan fingerprint density at radius 3 is 1.67 bits per heavy atom. The molecule has 1 rings (SSSR count). The fourth-order valence-corrected chi connectivity index (χ4v) is 1.15. The molecule has 0 aliphatic rings. The summed E-state index contributed by atoms with van der Waals surface area (Å²) in [7, 11) is 0. The Hall–Kier alpha value is -1.92. The average molecular weight is 266 g/mol. The predicted octanol–water partition coefficient (Wildman–Crippen LogP) is 3.25. The SMILES string of the molecule is CC(=O)/C=C(/C)Oc1c(F)c(F)c(F)c(F)c1F. The molecular weight excluding hydrogens is 259 g/mol. The Labute approximate surface area is 98.7 Å². The van der Waals surface area contributed by atoms with Gasteiger partial charge in [-0.1, -0.05) is 0 Å². The van der Waals surface area contributed by atoms with Gasteiger partial charge in [-0.25, -0.2) is 13.2 Å². The zero-order valence-corrected chi connectivity index (χ0v) is 9.28. The van der Waals surface area contributed by atoms with Crippen LogP contribution in [0.15, 0.2) is 11.8 Å². The van der Waals surface area contributed by atoms with E-state index in [2.05, 4.69) is 4.74 Å². The normalized spacial score (nSPS) is 11.6. The highest BCUT2D eigenvalue weighted by molar-refractivity contribution is 5.87. The van der Waals surface area contributed by atoms with Gasteiger partial charge < -0.3 is 4.74 Å². The van der Waals surface area contributed by atoms with Crippen molar-refractivity contribution in [2.75, 3.05) is 0 Å². The van der Waals surface area contributed by atoms with Gasteiger partial charge in [0.15, 0.2) is 5.78 Å². The van der Waals surface area contributed by atoms with Crippen molar-refractivity contribution in [2.45, 2.75) is 13.8 Å². The number of allylic oxidation sites excluding steroid dienone is 2. The van der Waals surface area contributed by atoms with Gasteiger partial charge in [-0.15, -0.1) is 0 Å². The minimum atomic E-state index is -2.27. The molecule has 0 unspecified atom stereocenters. The van der Waals surface area contributed by atoms with Crippen LogP contribution in [0.5, 0.6) is 5.75 Å². The van der Waals surface area contributed by atoms with Gasteiger partial charge in [-0.2, -0.15) is 8.78 Å². The molecule has 7 heteroatoms. The van der Waals surface area contributed by atoms with E-state index in [0.29, 0.717) is 0 Å². The van der Waals surface area contributed by atoms with Gasteiger partial charge in [0.05, 0.1) is 0 Å². The number of ether oxygens (including phenoxy) is 1. The van der Waals surface area contributed by atoms with Crippen LogP contribution in [0, 0.1) is 29.1 Å². The zero-order chi connectivity index (χ0) is 14.0. The van der Waals surface area contributed by atoms with Gasteiger partial charge in [0.1, 0.15) is 5.76 Å². The van der Waals surface area contributed by atoms with E-state index in [4.69, 9.17) is 0 Å². The summed E-state index contributed by atoms with van der Waals surface area (Å²) < 4.78 is 69.0. The Morgan fingerprint density at radius 2 is 1.28 bits per heavy atom. The molecule has 0 fully saturated rings. The standard InChI is InChI=1S/C11H7F5O2/c1-4(17)3-5(2)18-11-9(15)7(13)6(12)8(14)10(11)16/h3H,1-2H3/b5-3-. The van der Waals surface area contributed by atoms with Crippen LogP contribution in [-0.2, 0) is 4.79 Å². The molecule has 0 amide bonds. The minimum Gasteiger partial charge on any atom is -0.455 e. The largest absolute Gasteiger partial charge is 0.455 e. The number of carbonyl (C=O) groups is 1. The molecule has 0 saturated carbocycles. The van der Waals surface area contributed by atoms with Crippen molar-refractivity contribution < 1.29 is 31.5 Å². The fraction of sp³-hybridized carbons (Fsp3) is 0.182. The van der Waals surface area contributed by atoms with Gasteiger partial charge in [0, 0.05) is 6.08 Å². The quantitative estimate of drug-likeness (QED) is 0.276. The van der Waals surface area contributed by atoms with Crippen LogP contribution in [0.1, 0.15) is 13.8 Å². The Balaban J connectivity index is 3.30. The Morgan fingerprint density at radius 1 is 0.889 bits per heavy atom. The number of benzene rings is 1. The van der Waals surface area contributed by atoms with Crippen molar-refractivity contribution in [1.29, 1.82) is 0 Å². The van der Waals surface area contributed by atoms with Crippen LogP contribution in [0.2, 0.25) is 0 Å². The third-order valence-corrected chi connectivity index (χ3v) is 1.84. The van der Waals surface area contributed by atoms with Gasteiger partial charge in [0.2, 0.25) is 34.8 Å². The van der Waals surface area contributed by atoms with E-state index in [-0.39, 0.29) is 5.76 Å². The van der Waals surface area contributed by atoms with Crippen LogP contribution < -0.4 is 4.74 Å². The van der Waals surface area contributed by atoms with Crippen molar-refractivity contribution in [3.63, 3.8) is 0 Å². The minimum absolute atomic E-state index is 0.300. The summed E-state index contributed by atoms with van der Waals surface area (Å²) in [6.07, 6.45) is 0.845. The highest BCUT2D eigenvalue weighted by atomic mass is 19.2. The van der Waals surface area contributed by atoms with Crippen molar-refractivity contribution >= 4 is 5.78 Å². The van der Waals surface area contributed by atoms with Gasteiger partial charge in [-0.05, 0) is 13.8 Å². The third-order valence-electron chi connectivity index (χ3n) is 1.84. The molecule has 18 heavy (non-hydrogen) atoms. The molecule has 98 valence electrons. The maximum atomic E-state index is 13.1. The molecule has 0 atom stereocenters. The second-order valence-corrected chi connectivity index (χ2v) is 3.37. The molecule has 0 aliphatic heterocycles. The molecule has 0 bridgehead atoms. The molecular formula is C11H7F5O2. The first-order valence-corrected chi connectivity index (χ1v) is 4.63. The summed E-state index contributed by atoms with van der Waals surface area (Å²) in [6.45, 7) is 2.27. The molecule has 0 aliphatic carbocycles. The van der Waals surface area contributed by atoms with Gasteiger partial charge in [0.25, 0.3) is 0 Å². The topological polar surface area (TPSA) is 26.3 Å². The number of hydrogen-bond acceptors (Lipinski definition) is 2. The van der Waals surface area contributed by atoms with Gasteiger partial charge >= 0.3 is 0 Å². The van der Waals surface area contributed by atoms with E-state index in [1.54, 1.807) is 0 Å². The maximum Gasteiger partial charge on any atom is 0.207 e.